The van der Waals surface area contributed by atoms with Gasteiger partial charge in [0.2, 0.25) is 0 Å². The van der Waals surface area contributed by atoms with Crippen molar-refractivity contribution in [2.45, 2.75) is 4.90 Å². The fourth-order valence-electron chi connectivity index (χ4n) is 1.58. The number of sulfonamides is 1. The summed E-state index contributed by atoms with van der Waals surface area (Å²) in [5, 5.41) is 0.340. The van der Waals surface area contributed by atoms with Crippen LogP contribution >= 0.6 is 27.5 Å². The van der Waals surface area contributed by atoms with Crippen LogP contribution in [0.5, 0.6) is 0 Å². The molecule has 0 amide bonds. The first-order valence-electron chi connectivity index (χ1n) is 5.33. The summed E-state index contributed by atoms with van der Waals surface area (Å²) in [6.07, 6.45) is 0. The molecule has 3 N–H and O–H groups in total. The van der Waals surface area contributed by atoms with E-state index in [9.17, 15) is 12.8 Å². The van der Waals surface area contributed by atoms with Crippen LogP contribution in [0.2, 0.25) is 5.02 Å². The van der Waals surface area contributed by atoms with E-state index in [1.807, 2.05) is 0 Å². The summed E-state index contributed by atoms with van der Waals surface area (Å²) in [7, 11) is -4.15. The van der Waals surface area contributed by atoms with Crippen LogP contribution in [0.3, 0.4) is 0 Å². The Hall–Kier alpha value is -1.31. The van der Waals surface area contributed by atoms with E-state index in [0.29, 0.717) is 9.50 Å². The largest absolute Gasteiger partial charge is 0.398 e. The topological polar surface area (TPSA) is 72.2 Å². The van der Waals surface area contributed by atoms with E-state index < -0.39 is 20.7 Å². The Kier molecular flexibility index (Phi) is 4.22. The van der Waals surface area contributed by atoms with Gasteiger partial charge >= 0.3 is 0 Å². The first kappa shape index (κ1) is 15.1. The molecule has 0 aliphatic rings. The molecule has 8 heteroatoms. The summed E-state index contributed by atoms with van der Waals surface area (Å²) in [6, 6.07) is 8.23. The number of hydrogen-bond donors (Lipinski definition) is 2. The highest BCUT2D eigenvalue weighted by Gasteiger charge is 2.23. The maximum absolute atomic E-state index is 13.7. The first-order valence-corrected chi connectivity index (χ1v) is 7.98. The maximum atomic E-state index is 13.7. The molecule has 0 unspecified atom stereocenters. The van der Waals surface area contributed by atoms with Crippen molar-refractivity contribution in [3.8, 4) is 0 Å². The van der Waals surface area contributed by atoms with Crippen LogP contribution in [-0.4, -0.2) is 8.42 Å². The van der Waals surface area contributed by atoms with Crippen molar-refractivity contribution in [1.29, 1.82) is 0 Å². The minimum Gasteiger partial charge on any atom is -0.398 e. The molecular formula is C12H9BrClFN2O2S. The van der Waals surface area contributed by atoms with Crippen LogP contribution < -0.4 is 10.5 Å². The van der Waals surface area contributed by atoms with E-state index in [1.165, 1.54) is 18.2 Å². The fourth-order valence-corrected chi connectivity index (χ4v) is 3.49. The SMILES string of the molecule is Nc1cccc(F)c1S(=O)(=O)Nc1cc(Cl)ccc1Br. The highest BCUT2D eigenvalue weighted by atomic mass is 79.9. The summed E-state index contributed by atoms with van der Waals surface area (Å²) < 4.78 is 40.8. The van der Waals surface area contributed by atoms with E-state index in [1.54, 1.807) is 12.1 Å². The summed E-state index contributed by atoms with van der Waals surface area (Å²) in [4.78, 5) is -0.591. The molecule has 2 aromatic carbocycles. The molecule has 2 aromatic rings. The third kappa shape index (κ3) is 3.05. The van der Waals surface area contributed by atoms with Crippen molar-refractivity contribution >= 4 is 48.9 Å². The molecule has 4 nitrogen and oxygen atoms in total. The molecule has 0 radical (unpaired) electrons. The van der Waals surface area contributed by atoms with Crippen LogP contribution in [0.15, 0.2) is 45.8 Å². The number of nitrogens with one attached hydrogen (secondary N) is 1. The van der Waals surface area contributed by atoms with Crippen molar-refractivity contribution in [3.63, 3.8) is 0 Å². The molecule has 106 valence electrons. The minimum atomic E-state index is -4.15. The smallest absolute Gasteiger partial charge is 0.266 e. The second kappa shape index (κ2) is 5.59. The molecule has 0 spiro atoms. The van der Waals surface area contributed by atoms with E-state index in [4.69, 9.17) is 17.3 Å². The van der Waals surface area contributed by atoms with Gasteiger partial charge in [-0.05, 0) is 46.3 Å². The van der Waals surface area contributed by atoms with Crippen molar-refractivity contribution in [3.05, 3.63) is 51.7 Å². The van der Waals surface area contributed by atoms with Gasteiger partial charge in [0.1, 0.15) is 10.7 Å². The molecular weight excluding hydrogens is 371 g/mol. The molecule has 0 atom stereocenters. The third-order valence-electron chi connectivity index (χ3n) is 2.44. The highest BCUT2D eigenvalue weighted by molar-refractivity contribution is 9.10. The summed E-state index contributed by atoms with van der Waals surface area (Å²) in [5.41, 5.74) is 5.56. The Labute approximate surface area is 128 Å². The normalized spacial score (nSPS) is 11.3. The minimum absolute atomic E-state index is 0.171. The van der Waals surface area contributed by atoms with Crippen LogP contribution in [0.4, 0.5) is 15.8 Å². The molecule has 0 fully saturated rings. The Morgan fingerprint density at radius 1 is 1.25 bits per heavy atom. The molecule has 20 heavy (non-hydrogen) atoms. The van der Waals surface area contributed by atoms with Crippen LogP contribution in [0, 0.1) is 5.82 Å². The molecule has 0 saturated heterocycles. The number of benzene rings is 2. The molecule has 2 rings (SSSR count). The highest BCUT2D eigenvalue weighted by Crippen LogP contribution is 2.30. The van der Waals surface area contributed by atoms with Gasteiger partial charge in [0.15, 0.2) is 0 Å². The number of anilines is 2. The monoisotopic (exact) mass is 378 g/mol. The van der Waals surface area contributed by atoms with E-state index in [-0.39, 0.29) is 11.4 Å². The van der Waals surface area contributed by atoms with Crippen molar-refractivity contribution in [1.82, 2.24) is 0 Å². The van der Waals surface area contributed by atoms with E-state index >= 15 is 0 Å². The van der Waals surface area contributed by atoms with Crippen molar-refractivity contribution < 1.29 is 12.8 Å². The Bertz CT molecular complexity index is 748. The average molecular weight is 380 g/mol. The lowest BCUT2D eigenvalue weighted by atomic mass is 10.3. The number of hydrogen-bond acceptors (Lipinski definition) is 3. The average Bonchev–Trinajstić information content (AvgIpc) is 2.33. The van der Waals surface area contributed by atoms with Gasteiger partial charge in [-0.25, -0.2) is 12.8 Å². The Balaban J connectivity index is 2.49. The second-order valence-corrected chi connectivity index (χ2v) is 6.80. The Morgan fingerprint density at radius 3 is 2.60 bits per heavy atom. The first-order chi connectivity index (χ1) is 9.31. The van der Waals surface area contributed by atoms with Gasteiger partial charge in [0.05, 0.1) is 11.4 Å². The summed E-state index contributed by atoms with van der Waals surface area (Å²) in [6.45, 7) is 0. The van der Waals surface area contributed by atoms with Gasteiger partial charge < -0.3 is 5.73 Å². The Morgan fingerprint density at radius 2 is 1.95 bits per heavy atom. The zero-order chi connectivity index (χ0) is 14.9. The van der Waals surface area contributed by atoms with Gasteiger partial charge in [-0.1, -0.05) is 17.7 Å². The number of nitrogen functional groups attached to an aromatic ring is 1. The lowest BCUT2D eigenvalue weighted by molar-refractivity contribution is 0.572. The van der Waals surface area contributed by atoms with Crippen LogP contribution in [0.1, 0.15) is 0 Å². The van der Waals surface area contributed by atoms with Gasteiger partial charge in [-0.2, -0.15) is 0 Å². The maximum Gasteiger partial charge on any atom is 0.266 e. The number of rotatable bonds is 3. The number of halogens is 3. The summed E-state index contributed by atoms with van der Waals surface area (Å²) >= 11 is 8.98. The molecule has 0 bridgehead atoms. The predicted octanol–water partition coefficient (Wildman–Crippen LogP) is 3.62. The van der Waals surface area contributed by atoms with Crippen LogP contribution in [0.25, 0.3) is 0 Å². The molecule has 0 heterocycles. The third-order valence-corrected chi connectivity index (χ3v) is 4.82. The molecule has 0 aliphatic carbocycles. The zero-order valence-electron chi connectivity index (χ0n) is 9.90. The zero-order valence-corrected chi connectivity index (χ0v) is 13.1. The van der Waals surface area contributed by atoms with Gasteiger partial charge in [0.25, 0.3) is 10.0 Å². The van der Waals surface area contributed by atoms with Gasteiger partial charge in [0, 0.05) is 9.50 Å². The van der Waals surface area contributed by atoms with E-state index in [2.05, 4.69) is 20.7 Å². The second-order valence-electron chi connectivity index (χ2n) is 3.89. The lowest BCUT2D eigenvalue weighted by Crippen LogP contribution is -2.16. The lowest BCUT2D eigenvalue weighted by Gasteiger charge is -2.12. The molecule has 0 aliphatic heterocycles. The van der Waals surface area contributed by atoms with E-state index in [0.717, 1.165) is 6.07 Å². The van der Waals surface area contributed by atoms with Crippen molar-refractivity contribution in [2.24, 2.45) is 0 Å². The standard InChI is InChI=1S/C12H9BrClFN2O2S/c13-8-5-4-7(14)6-11(8)17-20(18,19)12-9(15)2-1-3-10(12)16/h1-6,17H,16H2. The summed E-state index contributed by atoms with van der Waals surface area (Å²) in [5.74, 6) is -0.921. The van der Waals surface area contributed by atoms with Crippen LogP contribution in [-0.2, 0) is 10.0 Å². The van der Waals surface area contributed by atoms with Gasteiger partial charge in [-0.3, -0.25) is 4.72 Å². The van der Waals surface area contributed by atoms with Crippen molar-refractivity contribution in [2.75, 3.05) is 10.5 Å². The predicted molar refractivity (Wildman–Crippen MR) is 80.8 cm³/mol. The quantitative estimate of drug-likeness (QED) is 0.800. The molecule has 0 saturated carbocycles. The molecule has 0 aromatic heterocycles. The van der Waals surface area contributed by atoms with Gasteiger partial charge in [-0.15, -0.1) is 0 Å². The number of nitrogens with two attached hydrogens (primary N) is 1. The fraction of sp³-hybridized carbons (Fsp3) is 0.